The van der Waals surface area contributed by atoms with Gasteiger partial charge in [-0.15, -0.1) is 0 Å². The topological polar surface area (TPSA) is 97.2 Å². The van der Waals surface area contributed by atoms with Crippen molar-refractivity contribution in [3.8, 4) is 6.07 Å². The minimum atomic E-state index is -5.22. The molecule has 0 saturated heterocycles. The fourth-order valence-corrected chi connectivity index (χ4v) is 5.22. The standard InChI is InChI=1S/C21H18F3N3O3S/c1-12-7-17(31(2,29)30)18(16-5-6-26-19(12)16)20(28,21(22,23)24)27-10-14-4-3-13(9-25)8-15(14)11-27/h3-8,26,28H,10-11H2,1-2H3. The smallest absolute Gasteiger partial charge is 0.364 e. The van der Waals surface area contributed by atoms with Crippen LogP contribution in [0.1, 0.15) is 27.8 Å². The van der Waals surface area contributed by atoms with E-state index in [9.17, 15) is 26.7 Å². The Bertz CT molecular complexity index is 1360. The molecule has 1 aliphatic heterocycles. The van der Waals surface area contributed by atoms with Crippen LogP contribution in [0.4, 0.5) is 13.2 Å². The van der Waals surface area contributed by atoms with Gasteiger partial charge in [0, 0.05) is 42.0 Å². The van der Waals surface area contributed by atoms with E-state index in [-0.39, 0.29) is 24.0 Å². The zero-order valence-electron chi connectivity index (χ0n) is 16.6. The maximum absolute atomic E-state index is 14.6. The third-order valence-electron chi connectivity index (χ3n) is 5.66. The first-order valence-electron chi connectivity index (χ1n) is 9.25. The average molecular weight is 449 g/mol. The molecule has 0 saturated carbocycles. The number of fused-ring (bicyclic) bond motifs is 2. The van der Waals surface area contributed by atoms with Gasteiger partial charge in [0.1, 0.15) is 0 Å². The molecule has 2 aromatic carbocycles. The molecule has 0 spiro atoms. The van der Waals surface area contributed by atoms with Gasteiger partial charge in [0.2, 0.25) is 5.72 Å². The van der Waals surface area contributed by atoms with Crippen molar-refractivity contribution in [2.24, 2.45) is 0 Å². The Hall–Kier alpha value is -2.87. The van der Waals surface area contributed by atoms with Gasteiger partial charge in [-0.05, 0) is 47.9 Å². The molecular weight excluding hydrogens is 431 g/mol. The van der Waals surface area contributed by atoms with Crippen LogP contribution in [0, 0.1) is 18.3 Å². The quantitative estimate of drug-likeness (QED) is 0.638. The minimum Gasteiger partial charge on any atom is -0.364 e. The number of aryl methyl sites for hydroxylation is 1. The monoisotopic (exact) mass is 449 g/mol. The van der Waals surface area contributed by atoms with Crippen LogP contribution in [-0.4, -0.2) is 35.8 Å². The second-order valence-corrected chi connectivity index (χ2v) is 9.71. The lowest BCUT2D eigenvalue weighted by molar-refractivity contribution is -0.327. The predicted octanol–water partition coefficient (Wildman–Crippen LogP) is 3.47. The van der Waals surface area contributed by atoms with E-state index in [0.717, 1.165) is 17.2 Å². The number of nitrogens with zero attached hydrogens (tertiary/aromatic N) is 2. The van der Waals surface area contributed by atoms with Gasteiger partial charge in [0.15, 0.2) is 9.84 Å². The number of rotatable bonds is 3. The molecule has 0 fully saturated rings. The summed E-state index contributed by atoms with van der Waals surface area (Å²) in [7, 11) is -4.12. The Morgan fingerprint density at radius 2 is 1.84 bits per heavy atom. The number of hydrogen-bond acceptors (Lipinski definition) is 5. The minimum absolute atomic E-state index is 0.0195. The summed E-state index contributed by atoms with van der Waals surface area (Å²) in [4.78, 5) is 3.04. The molecule has 10 heteroatoms. The maximum atomic E-state index is 14.6. The van der Waals surface area contributed by atoms with E-state index in [4.69, 9.17) is 5.26 Å². The maximum Gasteiger partial charge on any atom is 0.435 e. The van der Waals surface area contributed by atoms with Crippen molar-refractivity contribution in [1.82, 2.24) is 9.88 Å². The van der Waals surface area contributed by atoms with Crippen LogP contribution < -0.4 is 0 Å². The molecular formula is C21H18F3N3O3S. The lowest BCUT2D eigenvalue weighted by Crippen LogP contribution is -2.55. The van der Waals surface area contributed by atoms with Crippen molar-refractivity contribution >= 4 is 20.7 Å². The molecule has 3 aromatic rings. The SMILES string of the molecule is Cc1cc(S(C)(=O)=O)c(C(O)(N2Cc3ccc(C#N)cc3C2)C(F)(F)F)c2cc[nH]c12. The molecule has 1 atom stereocenters. The van der Waals surface area contributed by atoms with Gasteiger partial charge in [0.05, 0.1) is 16.5 Å². The second-order valence-electron chi connectivity index (χ2n) is 7.73. The van der Waals surface area contributed by atoms with Gasteiger partial charge in [0.25, 0.3) is 0 Å². The van der Waals surface area contributed by atoms with Gasteiger partial charge in [-0.1, -0.05) is 6.07 Å². The number of H-pyrrole nitrogens is 1. The highest BCUT2D eigenvalue weighted by atomic mass is 32.2. The van der Waals surface area contributed by atoms with Crippen molar-refractivity contribution in [3.63, 3.8) is 0 Å². The Labute approximate surface area is 176 Å². The van der Waals surface area contributed by atoms with Crippen LogP contribution in [0.15, 0.2) is 41.4 Å². The first-order chi connectivity index (χ1) is 14.4. The Morgan fingerprint density at radius 1 is 1.16 bits per heavy atom. The van der Waals surface area contributed by atoms with Crippen molar-refractivity contribution in [2.45, 2.75) is 36.8 Å². The molecule has 1 aliphatic rings. The van der Waals surface area contributed by atoms with E-state index in [2.05, 4.69) is 4.98 Å². The molecule has 31 heavy (non-hydrogen) atoms. The first kappa shape index (κ1) is 21.4. The van der Waals surface area contributed by atoms with E-state index in [0.29, 0.717) is 22.2 Å². The number of halogens is 3. The number of sulfone groups is 1. The zero-order chi connectivity index (χ0) is 22.8. The number of aliphatic hydroxyl groups is 1. The molecule has 0 aliphatic carbocycles. The summed E-state index contributed by atoms with van der Waals surface area (Å²) in [5.74, 6) is 0. The molecule has 4 rings (SSSR count). The fourth-order valence-electron chi connectivity index (χ4n) is 4.20. The molecule has 1 aromatic heterocycles. The van der Waals surface area contributed by atoms with Crippen molar-refractivity contribution < 1.29 is 26.7 Å². The highest BCUT2D eigenvalue weighted by Gasteiger charge is 2.62. The van der Waals surface area contributed by atoms with Crippen LogP contribution in [0.25, 0.3) is 10.9 Å². The molecule has 2 heterocycles. The number of aromatic amines is 1. The third kappa shape index (κ3) is 3.20. The summed E-state index contributed by atoms with van der Waals surface area (Å²) in [6.45, 7) is 1.02. The molecule has 0 amide bonds. The van der Waals surface area contributed by atoms with Crippen LogP contribution in [0.2, 0.25) is 0 Å². The molecule has 162 valence electrons. The summed E-state index contributed by atoms with van der Waals surface area (Å²) in [5.41, 5.74) is -2.26. The number of hydrogen-bond donors (Lipinski definition) is 2. The lowest BCUT2D eigenvalue weighted by Gasteiger charge is -2.40. The average Bonchev–Trinajstić information content (AvgIpc) is 3.32. The predicted molar refractivity (Wildman–Crippen MR) is 107 cm³/mol. The first-order valence-corrected chi connectivity index (χ1v) is 11.1. The molecule has 6 nitrogen and oxygen atoms in total. The molecule has 0 radical (unpaired) electrons. The normalized spacial score (nSPS) is 16.8. The van der Waals surface area contributed by atoms with Crippen LogP contribution in [0.3, 0.4) is 0 Å². The third-order valence-corrected chi connectivity index (χ3v) is 6.78. The van der Waals surface area contributed by atoms with E-state index in [1.807, 2.05) is 6.07 Å². The van der Waals surface area contributed by atoms with Gasteiger partial charge in [-0.2, -0.15) is 18.4 Å². The van der Waals surface area contributed by atoms with Crippen molar-refractivity contribution in [3.05, 3.63) is 64.3 Å². The number of benzene rings is 2. The van der Waals surface area contributed by atoms with E-state index in [1.54, 1.807) is 13.0 Å². The molecule has 0 bridgehead atoms. The fraction of sp³-hybridized carbons (Fsp3) is 0.286. The van der Waals surface area contributed by atoms with E-state index in [1.165, 1.54) is 24.4 Å². The summed E-state index contributed by atoms with van der Waals surface area (Å²) >= 11 is 0. The van der Waals surface area contributed by atoms with E-state index >= 15 is 0 Å². The highest BCUT2D eigenvalue weighted by molar-refractivity contribution is 7.90. The number of aromatic nitrogens is 1. The van der Waals surface area contributed by atoms with Crippen LogP contribution >= 0.6 is 0 Å². The van der Waals surface area contributed by atoms with Crippen LogP contribution in [0.5, 0.6) is 0 Å². The number of nitrogens with one attached hydrogen (secondary N) is 1. The Balaban J connectivity index is 2.01. The van der Waals surface area contributed by atoms with Gasteiger partial charge in [-0.3, -0.25) is 4.90 Å². The zero-order valence-corrected chi connectivity index (χ0v) is 17.4. The number of alkyl halides is 3. The Morgan fingerprint density at radius 3 is 2.45 bits per heavy atom. The second kappa shape index (κ2) is 6.82. The van der Waals surface area contributed by atoms with Gasteiger partial charge >= 0.3 is 6.18 Å². The van der Waals surface area contributed by atoms with Crippen molar-refractivity contribution in [2.75, 3.05) is 6.26 Å². The summed E-state index contributed by atoms with van der Waals surface area (Å²) in [6.07, 6.45) is -2.99. The van der Waals surface area contributed by atoms with E-state index < -0.39 is 32.2 Å². The van der Waals surface area contributed by atoms with Gasteiger partial charge < -0.3 is 10.1 Å². The van der Waals surface area contributed by atoms with Crippen LogP contribution in [-0.2, 0) is 28.7 Å². The lowest BCUT2D eigenvalue weighted by atomic mass is 9.94. The highest BCUT2D eigenvalue weighted by Crippen LogP contribution is 2.49. The van der Waals surface area contributed by atoms with Crippen molar-refractivity contribution in [1.29, 1.82) is 5.26 Å². The largest absolute Gasteiger partial charge is 0.435 e. The summed E-state index contributed by atoms with van der Waals surface area (Å²) < 4.78 is 68.7. The number of nitriles is 1. The molecule has 1 unspecified atom stereocenters. The van der Waals surface area contributed by atoms with Gasteiger partial charge in [-0.25, -0.2) is 8.42 Å². The Kier molecular flexibility index (Phi) is 4.70. The summed E-state index contributed by atoms with van der Waals surface area (Å²) in [5, 5.41) is 20.4. The molecule has 2 N–H and O–H groups in total. The summed E-state index contributed by atoms with van der Waals surface area (Å²) in [6, 6.07) is 8.94.